The minimum atomic E-state index is -0.191. The van der Waals surface area contributed by atoms with E-state index in [-0.39, 0.29) is 6.04 Å². The molecule has 2 aromatic carbocycles. The van der Waals surface area contributed by atoms with E-state index in [1.165, 1.54) is 10.9 Å². The Morgan fingerprint density at radius 2 is 1.74 bits per heavy atom. The van der Waals surface area contributed by atoms with E-state index in [0.29, 0.717) is 12.5 Å². The van der Waals surface area contributed by atoms with Gasteiger partial charge in [0.25, 0.3) is 0 Å². The van der Waals surface area contributed by atoms with Crippen LogP contribution in [0.25, 0.3) is 10.9 Å². The molecule has 34 heavy (non-hydrogen) atoms. The second-order valence-corrected chi connectivity index (χ2v) is 8.59. The number of amides is 1. The molecular weight excluding hydrogens is 498 g/mol. The number of methoxy groups -OCH3 is 2. The van der Waals surface area contributed by atoms with Crippen molar-refractivity contribution in [2.75, 3.05) is 33.1 Å². The predicted molar refractivity (Wildman–Crippen MR) is 135 cm³/mol. The Morgan fingerprint density at radius 3 is 2.29 bits per heavy atom. The molecule has 0 bridgehead atoms. The summed E-state index contributed by atoms with van der Waals surface area (Å²) in [5.41, 5.74) is 4.27. The fraction of sp³-hybridized carbons (Fsp3) is 0.240. The van der Waals surface area contributed by atoms with Crippen molar-refractivity contribution in [3.8, 4) is 11.5 Å². The number of nitrogens with one attached hydrogen (secondary N) is 2. The Balaban J connectivity index is 0.000000231. The van der Waals surface area contributed by atoms with E-state index in [4.69, 9.17) is 9.47 Å². The van der Waals surface area contributed by atoms with Gasteiger partial charge in [0, 0.05) is 52.6 Å². The van der Waals surface area contributed by atoms with Crippen molar-refractivity contribution in [1.29, 1.82) is 0 Å². The smallest absolute Gasteiger partial charge is 0.222 e. The van der Waals surface area contributed by atoms with Gasteiger partial charge in [-0.2, -0.15) is 0 Å². The summed E-state index contributed by atoms with van der Waals surface area (Å²) in [6.07, 6.45) is 5.28. The van der Waals surface area contributed by atoms with Gasteiger partial charge in [0.1, 0.15) is 17.5 Å². The zero-order valence-corrected chi connectivity index (χ0v) is 20.8. The monoisotopic (exact) mass is 523 g/mol. The average Bonchev–Trinajstić information content (AvgIpc) is 3.26. The molecule has 2 N–H and O–H groups in total. The summed E-state index contributed by atoms with van der Waals surface area (Å²) in [4.78, 5) is 25.5. The van der Waals surface area contributed by atoms with Crippen molar-refractivity contribution in [2.24, 2.45) is 0 Å². The number of carbonyl (C=O) groups excluding carboxylic acids is 1. The van der Waals surface area contributed by atoms with E-state index in [0.717, 1.165) is 45.6 Å². The third kappa shape index (κ3) is 4.84. The highest BCUT2D eigenvalue weighted by Crippen LogP contribution is 2.38. The van der Waals surface area contributed by atoms with Crippen molar-refractivity contribution in [2.45, 2.75) is 12.5 Å². The van der Waals surface area contributed by atoms with E-state index < -0.39 is 0 Å². The van der Waals surface area contributed by atoms with E-state index in [1.54, 1.807) is 38.6 Å². The van der Waals surface area contributed by atoms with Gasteiger partial charge in [-0.3, -0.25) is 4.79 Å². The van der Waals surface area contributed by atoms with Crippen LogP contribution in [0.3, 0.4) is 0 Å². The normalized spacial score (nSPS) is 14.6. The Bertz CT molecular complexity index is 1240. The average molecular weight is 524 g/mol. The standard InChI is InChI=1S/C17H16BrN5O.C8H10O2/c1-19-17-20-7-10(8-21-17)16-15-12(4-5-23(16)9-24)13-6-11(18)2-3-14(13)22-15;1-9-7-3-5-8(10-2)6-4-7/h2-3,6-9,16,22H,4-5H2,1H3,(H,19,20,21);3-6H,1-2H3. The van der Waals surface area contributed by atoms with Crippen LogP contribution in [0, 0.1) is 0 Å². The molecule has 9 heteroatoms. The van der Waals surface area contributed by atoms with Crippen molar-refractivity contribution in [3.05, 3.63) is 76.2 Å². The maximum absolute atomic E-state index is 11.6. The lowest BCUT2D eigenvalue weighted by Gasteiger charge is -2.32. The van der Waals surface area contributed by atoms with Crippen LogP contribution in [-0.4, -0.2) is 54.1 Å². The topological polar surface area (TPSA) is 92.4 Å². The van der Waals surface area contributed by atoms with Crippen LogP contribution in [0.15, 0.2) is 59.3 Å². The molecule has 3 heterocycles. The minimum Gasteiger partial charge on any atom is -0.497 e. The number of hydrogen-bond acceptors (Lipinski definition) is 6. The molecule has 0 aliphatic carbocycles. The number of carbonyl (C=O) groups is 1. The number of halogens is 1. The Hall–Kier alpha value is -3.59. The first-order chi connectivity index (χ1) is 16.6. The molecule has 0 spiro atoms. The summed E-state index contributed by atoms with van der Waals surface area (Å²) in [5, 5.41) is 4.11. The number of fused-ring (bicyclic) bond motifs is 3. The molecule has 0 saturated heterocycles. The third-order valence-electron chi connectivity index (χ3n) is 5.77. The molecule has 0 radical (unpaired) electrons. The van der Waals surface area contributed by atoms with E-state index in [1.807, 2.05) is 30.3 Å². The number of ether oxygens (including phenoxy) is 2. The van der Waals surface area contributed by atoms with Gasteiger partial charge in [-0.25, -0.2) is 9.97 Å². The number of nitrogens with zero attached hydrogens (tertiary/aromatic N) is 3. The molecule has 0 saturated carbocycles. The van der Waals surface area contributed by atoms with E-state index in [2.05, 4.69) is 48.3 Å². The highest BCUT2D eigenvalue weighted by molar-refractivity contribution is 9.10. The molecule has 2 aromatic heterocycles. The maximum atomic E-state index is 11.6. The quantitative estimate of drug-likeness (QED) is 0.372. The maximum Gasteiger partial charge on any atom is 0.222 e. The van der Waals surface area contributed by atoms with Crippen LogP contribution in [-0.2, 0) is 11.2 Å². The van der Waals surface area contributed by atoms with Gasteiger partial charge in [-0.1, -0.05) is 15.9 Å². The summed E-state index contributed by atoms with van der Waals surface area (Å²) < 4.78 is 11.0. The largest absolute Gasteiger partial charge is 0.497 e. The molecule has 0 fully saturated rings. The summed E-state index contributed by atoms with van der Waals surface area (Å²) >= 11 is 3.54. The van der Waals surface area contributed by atoms with Crippen molar-refractivity contribution < 1.29 is 14.3 Å². The number of H-pyrrole nitrogens is 1. The lowest BCUT2D eigenvalue weighted by atomic mass is 9.94. The van der Waals surface area contributed by atoms with Crippen LogP contribution in [0.4, 0.5) is 5.95 Å². The summed E-state index contributed by atoms with van der Waals surface area (Å²) in [7, 11) is 5.06. The highest BCUT2D eigenvalue weighted by Gasteiger charge is 2.31. The van der Waals surface area contributed by atoms with Crippen LogP contribution in [0.2, 0.25) is 0 Å². The lowest BCUT2D eigenvalue weighted by molar-refractivity contribution is -0.120. The first kappa shape index (κ1) is 23.6. The van der Waals surface area contributed by atoms with Crippen LogP contribution >= 0.6 is 15.9 Å². The Morgan fingerprint density at radius 1 is 1.09 bits per heavy atom. The number of hydrogen-bond donors (Lipinski definition) is 2. The zero-order chi connectivity index (χ0) is 24.1. The molecule has 176 valence electrons. The number of rotatable bonds is 5. The predicted octanol–water partition coefficient (Wildman–Crippen LogP) is 4.57. The summed E-state index contributed by atoms with van der Waals surface area (Å²) in [6.45, 7) is 0.675. The fourth-order valence-electron chi connectivity index (χ4n) is 4.07. The molecule has 1 amide bonds. The SMILES string of the molecule is CNc1ncc(C2c3[nH]c4ccc(Br)cc4c3CCN2C=O)cn1.COc1ccc(OC)cc1. The molecular formula is C25H26BrN5O3. The van der Waals surface area contributed by atoms with E-state index >= 15 is 0 Å². The number of benzene rings is 2. The van der Waals surface area contributed by atoms with Gasteiger partial charge in [0.2, 0.25) is 12.4 Å². The molecule has 5 rings (SSSR count). The Labute approximate surface area is 206 Å². The Kier molecular flexibility index (Phi) is 7.32. The molecule has 8 nitrogen and oxygen atoms in total. The van der Waals surface area contributed by atoms with E-state index in [9.17, 15) is 4.79 Å². The second kappa shape index (κ2) is 10.6. The minimum absolute atomic E-state index is 0.191. The fourth-order valence-corrected chi connectivity index (χ4v) is 4.43. The molecule has 1 aliphatic rings. The first-order valence-corrected chi connectivity index (χ1v) is 11.6. The van der Waals surface area contributed by atoms with Gasteiger partial charge >= 0.3 is 0 Å². The van der Waals surface area contributed by atoms with Gasteiger partial charge < -0.3 is 24.7 Å². The second-order valence-electron chi connectivity index (χ2n) is 7.67. The lowest BCUT2D eigenvalue weighted by Crippen LogP contribution is -2.35. The van der Waals surface area contributed by atoms with Crippen molar-refractivity contribution in [1.82, 2.24) is 19.9 Å². The van der Waals surface area contributed by atoms with Crippen molar-refractivity contribution in [3.63, 3.8) is 0 Å². The highest BCUT2D eigenvalue weighted by atomic mass is 79.9. The number of aromatic nitrogens is 3. The number of aromatic amines is 1. The van der Waals surface area contributed by atoms with Crippen LogP contribution in [0.5, 0.6) is 11.5 Å². The molecule has 1 atom stereocenters. The van der Waals surface area contributed by atoms with Gasteiger partial charge in [0.15, 0.2) is 0 Å². The zero-order valence-electron chi connectivity index (χ0n) is 19.2. The third-order valence-corrected chi connectivity index (χ3v) is 6.26. The molecule has 4 aromatic rings. The summed E-state index contributed by atoms with van der Waals surface area (Å²) in [6, 6.07) is 13.4. The number of anilines is 1. The van der Waals surface area contributed by atoms with Gasteiger partial charge in [-0.05, 0) is 54.4 Å². The van der Waals surface area contributed by atoms with Gasteiger partial charge in [-0.15, -0.1) is 0 Å². The van der Waals surface area contributed by atoms with Gasteiger partial charge in [0.05, 0.1) is 14.2 Å². The summed E-state index contributed by atoms with van der Waals surface area (Å²) in [5.74, 6) is 2.26. The first-order valence-electron chi connectivity index (χ1n) is 10.8. The van der Waals surface area contributed by atoms with Crippen LogP contribution < -0.4 is 14.8 Å². The van der Waals surface area contributed by atoms with Crippen LogP contribution in [0.1, 0.15) is 22.9 Å². The van der Waals surface area contributed by atoms with Crippen molar-refractivity contribution >= 4 is 39.2 Å². The molecule has 1 aliphatic heterocycles. The molecule has 1 unspecified atom stereocenters.